The first-order valence-electron chi connectivity index (χ1n) is 23.3. The van der Waals surface area contributed by atoms with Gasteiger partial charge in [0, 0.05) is 11.9 Å². The van der Waals surface area contributed by atoms with E-state index in [2.05, 4.69) is 41.5 Å². The fourth-order valence-electron chi connectivity index (χ4n) is 17.5. The molecule has 308 valence electrons. The Bertz CT molecular complexity index is 1260. The van der Waals surface area contributed by atoms with E-state index in [1.54, 1.807) is 0 Å². The summed E-state index contributed by atoms with van der Waals surface area (Å²) in [6.07, 6.45) is 24.3. The van der Waals surface area contributed by atoms with Crippen LogP contribution in [0.2, 0.25) is 0 Å². The second-order valence-corrected chi connectivity index (χ2v) is 22.4. The summed E-state index contributed by atoms with van der Waals surface area (Å²) in [6, 6.07) is 0. The average molecular weight is 791 g/mol. The predicted molar refractivity (Wildman–Crippen MR) is 215 cm³/mol. The van der Waals surface area contributed by atoms with Crippen LogP contribution < -0.4 is 10.2 Å². The van der Waals surface area contributed by atoms with Crippen molar-refractivity contribution in [1.82, 2.24) is 0 Å². The maximum Gasteiger partial charge on any atom is 2.00 e. The van der Waals surface area contributed by atoms with Crippen molar-refractivity contribution in [3.05, 3.63) is 0 Å². The number of fused-ring (bicyclic) bond motifs is 10. The molecule has 0 saturated heterocycles. The molecule has 0 aromatic carbocycles. The number of hydrogen-bond donors (Lipinski definition) is 2. The van der Waals surface area contributed by atoms with E-state index in [0.29, 0.717) is 45.3 Å². The molecule has 8 rings (SSSR count). The van der Waals surface area contributed by atoms with Gasteiger partial charge in [0.25, 0.3) is 0 Å². The van der Waals surface area contributed by atoms with E-state index in [-0.39, 0.29) is 62.8 Å². The van der Waals surface area contributed by atoms with Crippen LogP contribution in [0.4, 0.5) is 0 Å². The number of carbonyl (C=O) groups is 2. The minimum atomic E-state index is -0.893. The Morgan fingerprint density at radius 2 is 0.873 bits per heavy atom. The standard InChI is InChI=1S/2C24H40O3.Ca/c2*1-15(4-9-22(26)27)19-7-8-20-18-6-5-16-14-17(25)10-12-23(16,2)21(18)11-13-24(19,20)3;/h2*15-21,25H,4-14H2,1-3H3,(H,26,27);/q;;+2/p-2/t2*15-,16-,17-,18+,19-,20+,21+,23+,24-;/m11./s1. The molecule has 0 aliphatic heterocycles. The monoisotopic (exact) mass is 791 g/mol. The molecular formula is C48H78CaO6. The second-order valence-electron chi connectivity index (χ2n) is 22.4. The molecule has 0 amide bonds. The second kappa shape index (κ2) is 17.2. The van der Waals surface area contributed by atoms with E-state index in [9.17, 15) is 30.0 Å². The zero-order chi connectivity index (χ0) is 38.8. The van der Waals surface area contributed by atoms with Crippen molar-refractivity contribution in [2.75, 3.05) is 0 Å². The Morgan fingerprint density at radius 3 is 1.24 bits per heavy atom. The van der Waals surface area contributed by atoms with E-state index in [4.69, 9.17) is 0 Å². The molecule has 8 saturated carbocycles. The molecule has 0 bridgehead atoms. The van der Waals surface area contributed by atoms with Crippen molar-refractivity contribution in [2.45, 2.75) is 195 Å². The fourth-order valence-corrected chi connectivity index (χ4v) is 17.5. The summed E-state index contributed by atoms with van der Waals surface area (Å²) < 4.78 is 0. The van der Waals surface area contributed by atoms with Gasteiger partial charge in [-0.15, -0.1) is 0 Å². The van der Waals surface area contributed by atoms with Crippen LogP contribution in [0.25, 0.3) is 0 Å². The van der Waals surface area contributed by atoms with Crippen molar-refractivity contribution >= 4 is 49.7 Å². The Kier molecular flexibility index (Phi) is 14.0. The molecule has 2 N–H and O–H groups in total. The third-order valence-electron chi connectivity index (χ3n) is 20.4. The van der Waals surface area contributed by atoms with Crippen molar-refractivity contribution in [2.24, 2.45) is 92.7 Å². The number of carboxylic acids is 2. The van der Waals surface area contributed by atoms with Gasteiger partial charge in [0.05, 0.1) is 12.2 Å². The zero-order valence-electron chi connectivity index (χ0n) is 35.9. The van der Waals surface area contributed by atoms with E-state index < -0.39 is 11.9 Å². The van der Waals surface area contributed by atoms with Crippen LogP contribution in [-0.4, -0.2) is 72.1 Å². The van der Waals surface area contributed by atoms with Crippen molar-refractivity contribution in [3.8, 4) is 0 Å². The molecule has 8 aliphatic carbocycles. The number of aliphatic hydroxyl groups excluding tert-OH is 2. The summed E-state index contributed by atoms with van der Waals surface area (Å²) in [4.78, 5) is 21.9. The quantitative estimate of drug-likeness (QED) is 0.241. The van der Waals surface area contributed by atoms with Crippen molar-refractivity contribution in [3.63, 3.8) is 0 Å². The predicted octanol–water partition coefficient (Wildman–Crippen LogP) is 7.96. The molecule has 0 aromatic heterocycles. The maximum atomic E-state index is 10.9. The molecule has 18 atom stereocenters. The third kappa shape index (κ3) is 8.17. The van der Waals surface area contributed by atoms with Gasteiger partial charge in [-0.1, -0.05) is 41.5 Å². The molecular weight excluding hydrogens is 713 g/mol. The fraction of sp³-hybridized carbons (Fsp3) is 0.958. The summed E-state index contributed by atoms with van der Waals surface area (Å²) in [7, 11) is 0. The molecule has 6 nitrogen and oxygen atoms in total. The number of aliphatic hydroxyl groups is 2. The molecule has 0 spiro atoms. The van der Waals surface area contributed by atoms with Crippen LogP contribution in [0.1, 0.15) is 183 Å². The van der Waals surface area contributed by atoms with Gasteiger partial charge in [-0.25, -0.2) is 0 Å². The summed E-state index contributed by atoms with van der Waals surface area (Å²) in [5.41, 5.74) is 1.71. The first-order chi connectivity index (χ1) is 25.5. The minimum absolute atomic E-state index is 0. The topological polar surface area (TPSA) is 121 Å². The van der Waals surface area contributed by atoms with Gasteiger partial charge < -0.3 is 30.0 Å². The van der Waals surface area contributed by atoms with Crippen LogP contribution in [0.15, 0.2) is 0 Å². The van der Waals surface area contributed by atoms with Gasteiger partial charge in [0.1, 0.15) is 0 Å². The first kappa shape index (κ1) is 44.7. The van der Waals surface area contributed by atoms with Crippen LogP contribution in [0.3, 0.4) is 0 Å². The molecule has 0 aromatic rings. The van der Waals surface area contributed by atoms with E-state index in [0.717, 1.165) is 85.9 Å². The van der Waals surface area contributed by atoms with Crippen molar-refractivity contribution in [1.29, 1.82) is 0 Å². The van der Waals surface area contributed by atoms with Gasteiger partial charge in [-0.2, -0.15) is 0 Å². The Labute approximate surface area is 364 Å². The van der Waals surface area contributed by atoms with Gasteiger partial charge in [0.15, 0.2) is 0 Å². The first-order valence-corrected chi connectivity index (χ1v) is 23.3. The molecule has 8 fully saturated rings. The smallest absolute Gasteiger partial charge is 0.550 e. The Hall–Kier alpha value is 0.120. The maximum absolute atomic E-state index is 10.9. The normalized spacial score (nSPS) is 49.5. The van der Waals surface area contributed by atoms with E-state index >= 15 is 0 Å². The summed E-state index contributed by atoms with van der Waals surface area (Å²) >= 11 is 0. The molecule has 55 heavy (non-hydrogen) atoms. The van der Waals surface area contributed by atoms with Gasteiger partial charge in [-0.05, 0) is 234 Å². The van der Waals surface area contributed by atoms with Crippen LogP contribution >= 0.6 is 0 Å². The molecule has 0 heterocycles. The largest absolute Gasteiger partial charge is 2.00 e. The Morgan fingerprint density at radius 1 is 0.527 bits per heavy atom. The SMILES string of the molecule is C[C@H](CCC(=O)[O-])[C@H]1CC[C@H]2[C@@H]3CC[C@@H]4C[C@H](O)CC[C@]4(C)[C@H]3CC[C@]12C.C[C@H](CCC(=O)[O-])[C@H]1CC[C@H]2[C@@H]3CC[C@@H]4C[C@H](O)CC[C@]4(C)[C@H]3CC[C@]12C.[Ca+2]. The molecule has 0 unspecified atom stereocenters. The van der Waals surface area contributed by atoms with Crippen LogP contribution in [-0.2, 0) is 9.59 Å². The van der Waals surface area contributed by atoms with Gasteiger partial charge in [0.2, 0.25) is 0 Å². The zero-order valence-corrected chi connectivity index (χ0v) is 38.1. The van der Waals surface area contributed by atoms with Crippen LogP contribution in [0, 0.1) is 92.7 Å². The summed E-state index contributed by atoms with van der Waals surface area (Å²) in [5, 5.41) is 42.2. The van der Waals surface area contributed by atoms with E-state index in [1.165, 1.54) is 89.9 Å². The molecule has 0 radical (unpaired) electrons. The van der Waals surface area contributed by atoms with Gasteiger partial charge in [-0.3, -0.25) is 0 Å². The van der Waals surface area contributed by atoms with Crippen LogP contribution in [0.5, 0.6) is 0 Å². The molecule has 7 heteroatoms. The number of aliphatic carboxylic acids is 2. The third-order valence-corrected chi connectivity index (χ3v) is 20.4. The molecule has 8 aliphatic rings. The summed E-state index contributed by atoms with van der Waals surface area (Å²) in [5.74, 6) is 7.09. The number of carbonyl (C=O) groups excluding carboxylic acids is 2. The number of rotatable bonds is 8. The minimum Gasteiger partial charge on any atom is -0.550 e. The number of carboxylic acid groups (broad SMARTS) is 2. The van der Waals surface area contributed by atoms with Crippen molar-refractivity contribution < 1.29 is 30.0 Å². The number of hydrogen-bond acceptors (Lipinski definition) is 6. The summed E-state index contributed by atoms with van der Waals surface area (Å²) in [6.45, 7) is 14.8. The Balaban J connectivity index is 0.000000184. The average Bonchev–Trinajstić information content (AvgIpc) is 3.67. The van der Waals surface area contributed by atoms with Gasteiger partial charge >= 0.3 is 37.7 Å². The van der Waals surface area contributed by atoms with E-state index in [1.807, 2.05) is 0 Å².